The van der Waals surface area contributed by atoms with Gasteiger partial charge in [0.25, 0.3) is 0 Å². The largest absolute Gasteiger partial charge is 0.456 e. The molecule has 0 saturated heterocycles. The van der Waals surface area contributed by atoms with Crippen molar-refractivity contribution in [3.8, 4) is 10.6 Å². The summed E-state index contributed by atoms with van der Waals surface area (Å²) < 4.78 is 6.06. The highest BCUT2D eigenvalue weighted by atomic mass is 79.9. The molecule has 1 heterocycles. The smallest absolute Gasteiger partial charge is 0.339 e. The summed E-state index contributed by atoms with van der Waals surface area (Å²) in [6, 6.07) is 15.4. The molecule has 0 bridgehead atoms. The molecule has 0 aliphatic heterocycles. The van der Waals surface area contributed by atoms with Crippen LogP contribution in [0.3, 0.4) is 0 Å². The van der Waals surface area contributed by atoms with Crippen molar-refractivity contribution in [3.05, 3.63) is 75.2 Å². The number of nitrogens with zero attached hydrogens (tertiary/aromatic N) is 1. The van der Waals surface area contributed by atoms with E-state index in [1.165, 1.54) is 5.56 Å². The summed E-state index contributed by atoms with van der Waals surface area (Å²) in [5.74, 6) is -0.359. The zero-order chi connectivity index (χ0) is 16.2. The molecular weight excluding hydrogens is 374 g/mol. The molecular formula is C18H14BrNO2S. The lowest BCUT2D eigenvalue weighted by atomic mass is 10.2. The van der Waals surface area contributed by atoms with E-state index in [1.807, 2.05) is 29.6 Å². The maximum atomic E-state index is 12.1. The Morgan fingerprint density at radius 3 is 2.65 bits per heavy atom. The highest BCUT2D eigenvalue weighted by molar-refractivity contribution is 9.10. The predicted molar refractivity (Wildman–Crippen MR) is 95.5 cm³/mol. The number of aryl methyl sites for hydroxylation is 1. The van der Waals surface area contributed by atoms with Crippen LogP contribution >= 0.6 is 27.3 Å². The Morgan fingerprint density at radius 1 is 1.17 bits per heavy atom. The van der Waals surface area contributed by atoms with Gasteiger partial charge in [0.1, 0.15) is 11.6 Å². The van der Waals surface area contributed by atoms with Gasteiger partial charge < -0.3 is 4.74 Å². The Kier molecular flexibility index (Phi) is 4.88. The molecule has 0 radical (unpaired) electrons. The Labute approximate surface area is 147 Å². The molecule has 0 fully saturated rings. The van der Waals surface area contributed by atoms with Gasteiger partial charge in [-0.2, -0.15) is 0 Å². The fourth-order valence-electron chi connectivity index (χ4n) is 2.05. The highest BCUT2D eigenvalue weighted by Crippen LogP contribution is 2.24. The summed E-state index contributed by atoms with van der Waals surface area (Å²) in [5, 5.41) is 2.85. The minimum atomic E-state index is -0.359. The molecule has 0 unspecified atom stereocenters. The van der Waals surface area contributed by atoms with Crippen molar-refractivity contribution in [2.24, 2.45) is 0 Å². The van der Waals surface area contributed by atoms with Gasteiger partial charge in [-0.05, 0) is 35.0 Å². The van der Waals surface area contributed by atoms with E-state index in [4.69, 9.17) is 4.74 Å². The number of thiazole rings is 1. The number of halogens is 1. The number of benzene rings is 2. The molecule has 2 aromatic carbocycles. The first kappa shape index (κ1) is 15.9. The number of esters is 1. The Morgan fingerprint density at radius 2 is 1.91 bits per heavy atom. The first-order valence-corrected chi connectivity index (χ1v) is 8.74. The van der Waals surface area contributed by atoms with Gasteiger partial charge in [-0.25, -0.2) is 9.78 Å². The molecule has 0 amide bonds. The van der Waals surface area contributed by atoms with Crippen molar-refractivity contribution >= 4 is 33.2 Å². The summed E-state index contributed by atoms with van der Waals surface area (Å²) >= 11 is 4.90. The fraction of sp³-hybridized carbons (Fsp3) is 0.111. The monoisotopic (exact) mass is 387 g/mol. The molecule has 0 saturated carbocycles. The molecule has 23 heavy (non-hydrogen) atoms. The van der Waals surface area contributed by atoms with Gasteiger partial charge in [0.05, 0.1) is 11.3 Å². The SMILES string of the molecule is Cc1ccc(-c2nc(COC(=O)c3ccccc3Br)cs2)cc1. The van der Waals surface area contributed by atoms with E-state index in [9.17, 15) is 4.79 Å². The fourth-order valence-corrected chi connectivity index (χ4v) is 3.30. The number of aromatic nitrogens is 1. The summed E-state index contributed by atoms with van der Waals surface area (Å²) in [4.78, 5) is 16.6. The number of carbonyl (C=O) groups excluding carboxylic acids is 1. The molecule has 0 spiro atoms. The molecule has 0 atom stereocenters. The predicted octanol–water partition coefficient (Wildman–Crippen LogP) is 5.24. The normalized spacial score (nSPS) is 10.5. The van der Waals surface area contributed by atoms with Crippen molar-refractivity contribution < 1.29 is 9.53 Å². The van der Waals surface area contributed by atoms with Gasteiger partial charge in [-0.1, -0.05) is 42.0 Å². The number of hydrogen-bond donors (Lipinski definition) is 0. The van der Waals surface area contributed by atoms with Crippen molar-refractivity contribution in [1.29, 1.82) is 0 Å². The van der Waals surface area contributed by atoms with Crippen molar-refractivity contribution in [3.63, 3.8) is 0 Å². The second-order valence-electron chi connectivity index (χ2n) is 5.07. The van der Waals surface area contributed by atoms with Gasteiger partial charge in [0, 0.05) is 15.4 Å². The third kappa shape index (κ3) is 3.86. The highest BCUT2D eigenvalue weighted by Gasteiger charge is 2.12. The molecule has 5 heteroatoms. The topological polar surface area (TPSA) is 39.2 Å². The minimum absolute atomic E-state index is 0.169. The van der Waals surface area contributed by atoms with Crippen LogP contribution in [0.5, 0.6) is 0 Å². The standard InChI is InChI=1S/C18H14BrNO2S/c1-12-6-8-13(9-7-12)17-20-14(11-23-17)10-22-18(21)15-4-2-3-5-16(15)19/h2-9,11H,10H2,1H3. The van der Waals surface area contributed by atoms with E-state index in [2.05, 4.69) is 40.0 Å². The lowest BCUT2D eigenvalue weighted by molar-refractivity contribution is 0.0467. The van der Waals surface area contributed by atoms with Crippen LogP contribution in [0, 0.1) is 6.92 Å². The van der Waals surface area contributed by atoms with E-state index in [0.717, 1.165) is 20.7 Å². The number of carbonyl (C=O) groups is 1. The molecule has 3 nitrogen and oxygen atoms in total. The molecule has 0 aliphatic rings. The number of ether oxygens (including phenoxy) is 1. The van der Waals surface area contributed by atoms with Crippen molar-refractivity contribution in [2.45, 2.75) is 13.5 Å². The van der Waals surface area contributed by atoms with Gasteiger partial charge in [0.15, 0.2) is 0 Å². The second-order valence-corrected chi connectivity index (χ2v) is 6.78. The minimum Gasteiger partial charge on any atom is -0.456 e. The lowest BCUT2D eigenvalue weighted by Gasteiger charge is -2.04. The van der Waals surface area contributed by atoms with Gasteiger partial charge in [-0.15, -0.1) is 11.3 Å². The lowest BCUT2D eigenvalue weighted by Crippen LogP contribution is -2.06. The molecule has 0 aliphatic carbocycles. The Hall–Kier alpha value is -1.98. The first-order valence-electron chi connectivity index (χ1n) is 7.06. The third-order valence-electron chi connectivity index (χ3n) is 3.30. The molecule has 116 valence electrons. The van der Waals surface area contributed by atoms with E-state index in [1.54, 1.807) is 23.5 Å². The quantitative estimate of drug-likeness (QED) is 0.574. The molecule has 3 rings (SSSR count). The van der Waals surface area contributed by atoms with Crippen LogP contribution in [0.15, 0.2) is 58.4 Å². The van der Waals surface area contributed by atoms with E-state index >= 15 is 0 Å². The van der Waals surface area contributed by atoms with Crippen LogP contribution in [0.25, 0.3) is 10.6 Å². The summed E-state index contributed by atoms with van der Waals surface area (Å²) in [6.07, 6.45) is 0. The van der Waals surface area contributed by atoms with Gasteiger partial charge in [0.2, 0.25) is 0 Å². The van der Waals surface area contributed by atoms with Gasteiger partial charge >= 0.3 is 5.97 Å². The van der Waals surface area contributed by atoms with E-state index in [-0.39, 0.29) is 12.6 Å². The van der Waals surface area contributed by atoms with Crippen LogP contribution in [-0.4, -0.2) is 11.0 Å². The maximum Gasteiger partial charge on any atom is 0.339 e. The second kappa shape index (κ2) is 7.06. The van der Waals surface area contributed by atoms with E-state index in [0.29, 0.717) is 5.56 Å². The van der Waals surface area contributed by atoms with Crippen LogP contribution in [0.1, 0.15) is 21.6 Å². The molecule has 3 aromatic rings. The first-order chi connectivity index (χ1) is 11.1. The maximum absolute atomic E-state index is 12.1. The van der Waals surface area contributed by atoms with E-state index < -0.39 is 0 Å². The summed E-state index contributed by atoms with van der Waals surface area (Å²) in [6.45, 7) is 2.22. The zero-order valence-electron chi connectivity index (χ0n) is 12.5. The Balaban J connectivity index is 1.67. The van der Waals surface area contributed by atoms with Crippen LogP contribution in [0.4, 0.5) is 0 Å². The van der Waals surface area contributed by atoms with Crippen LogP contribution < -0.4 is 0 Å². The summed E-state index contributed by atoms with van der Waals surface area (Å²) in [7, 11) is 0. The molecule has 1 aromatic heterocycles. The average molecular weight is 388 g/mol. The average Bonchev–Trinajstić information content (AvgIpc) is 3.03. The Bertz CT molecular complexity index is 827. The van der Waals surface area contributed by atoms with Crippen LogP contribution in [0.2, 0.25) is 0 Å². The van der Waals surface area contributed by atoms with Gasteiger partial charge in [-0.3, -0.25) is 0 Å². The number of hydrogen-bond acceptors (Lipinski definition) is 4. The van der Waals surface area contributed by atoms with Crippen molar-refractivity contribution in [2.75, 3.05) is 0 Å². The summed E-state index contributed by atoms with van der Waals surface area (Å²) in [5.41, 5.74) is 3.56. The zero-order valence-corrected chi connectivity index (χ0v) is 14.9. The van der Waals surface area contributed by atoms with Crippen LogP contribution in [-0.2, 0) is 11.3 Å². The number of rotatable bonds is 4. The third-order valence-corrected chi connectivity index (χ3v) is 4.93. The molecule has 0 N–H and O–H groups in total. The van der Waals surface area contributed by atoms with Crippen molar-refractivity contribution in [1.82, 2.24) is 4.98 Å².